The van der Waals surface area contributed by atoms with Crippen LogP contribution in [0.1, 0.15) is 10.5 Å². The molecule has 21 heavy (non-hydrogen) atoms. The standard InChI is InChI=1S/C10H7ClN6O3S/c1-19-10(18)6-7(4-2-3-5(11)21-4)17(16-13-6)9-8(12)14-20-15-9/h2-3H,1H3,(H2,12,14). The molecule has 11 heteroatoms. The van der Waals surface area contributed by atoms with E-state index in [1.807, 2.05) is 0 Å². The van der Waals surface area contributed by atoms with Gasteiger partial charge in [-0.2, -0.15) is 4.68 Å². The highest BCUT2D eigenvalue weighted by Crippen LogP contribution is 2.34. The Morgan fingerprint density at radius 2 is 2.29 bits per heavy atom. The summed E-state index contributed by atoms with van der Waals surface area (Å²) in [5.41, 5.74) is 6.01. The van der Waals surface area contributed by atoms with Crippen LogP contribution >= 0.6 is 22.9 Å². The quantitative estimate of drug-likeness (QED) is 0.716. The summed E-state index contributed by atoms with van der Waals surface area (Å²) in [5.74, 6) is -0.506. The van der Waals surface area contributed by atoms with Crippen LogP contribution in [0.15, 0.2) is 16.8 Å². The van der Waals surface area contributed by atoms with Gasteiger partial charge in [0.2, 0.25) is 11.6 Å². The maximum Gasteiger partial charge on any atom is 0.360 e. The molecule has 2 N–H and O–H groups in total. The van der Waals surface area contributed by atoms with Crippen molar-refractivity contribution in [2.45, 2.75) is 0 Å². The normalized spacial score (nSPS) is 10.8. The molecule has 0 aliphatic carbocycles. The predicted octanol–water partition coefficient (Wildman–Crippen LogP) is 1.40. The fourth-order valence-electron chi connectivity index (χ4n) is 1.66. The predicted molar refractivity (Wildman–Crippen MR) is 73.3 cm³/mol. The molecule has 0 bridgehead atoms. The van der Waals surface area contributed by atoms with E-state index in [0.29, 0.717) is 14.9 Å². The molecule has 0 spiro atoms. The van der Waals surface area contributed by atoms with Gasteiger partial charge in [-0.15, -0.1) is 16.4 Å². The molecular weight excluding hydrogens is 320 g/mol. The summed E-state index contributed by atoms with van der Waals surface area (Å²) in [4.78, 5) is 12.5. The summed E-state index contributed by atoms with van der Waals surface area (Å²) in [5, 5.41) is 14.8. The van der Waals surface area contributed by atoms with Crippen LogP contribution in [0.3, 0.4) is 0 Å². The van der Waals surface area contributed by atoms with Gasteiger partial charge in [-0.1, -0.05) is 16.8 Å². The van der Waals surface area contributed by atoms with Crippen LogP contribution in [0.4, 0.5) is 5.82 Å². The number of thiophene rings is 1. The molecule has 0 radical (unpaired) electrons. The van der Waals surface area contributed by atoms with Crippen molar-refractivity contribution in [2.75, 3.05) is 12.8 Å². The van der Waals surface area contributed by atoms with E-state index < -0.39 is 5.97 Å². The summed E-state index contributed by atoms with van der Waals surface area (Å²) < 4.78 is 11.0. The Labute approximate surface area is 126 Å². The van der Waals surface area contributed by atoms with Gasteiger partial charge in [0.1, 0.15) is 5.69 Å². The number of esters is 1. The average Bonchev–Trinajstić information content (AvgIpc) is 3.16. The maximum atomic E-state index is 11.8. The Morgan fingerprint density at radius 1 is 1.48 bits per heavy atom. The van der Waals surface area contributed by atoms with Crippen LogP contribution in [0.2, 0.25) is 4.34 Å². The number of methoxy groups -OCH3 is 1. The van der Waals surface area contributed by atoms with E-state index in [9.17, 15) is 4.79 Å². The van der Waals surface area contributed by atoms with Gasteiger partial charge >= 0.3 is 5.97 Å². The molecular formula is C10H7ClN6O3S. The fraction of sp³-hybridized carbons (Fsp3) is 0.100. The van der Waals surface area contributed by atoms with Crippen molar-refractivity contribution in [3.05, 3.63) is 22.2 Å². The Morgan fingerprint density at radius 3 is 2.86 bits per heavy atom. The minimum atomic E-state index is -0.643. The number of rotatable bonds is 3. The summed E-state index contributed by atoms with van der Waals surface area (Å²) >= 11 is 7.17. The van der Waals surface area contributed by atoms with Gasteiger partial charge in [0.25, 0.3) is 0 Å². The smallest absolute Gasteiger partial charge is 0.360 e. The van der Waals surface area contributed by atoms with Crippen LogP contribution in [-0.2, 0) is 4.74 Å². The molecule has 0 aliphatic heterocycles. The Kier molecular flexibility index (Phi) is 3.31. The van der Waals surface area contributed by atoms with Crippen LogP contribution in [0.5, 0.6) is 0 Å². The lowest BCUT2D eigenvalue weighted by Crippen LogP contribution is -2.06. The first kappa shape index (κ1) is 13.5. The summed E-state index contributed by atoms with van der Waals surface area (Å²) in [6, 6.07) is 3.41. The number of carbonyl (C=O) groups is 1. The highest BCUT2D eigenvalue weighted by molar-refractivity contribution is 7.19. The lowest BCUT2D eigenvalue weighted by Gasteiger charge is -2.02. The van der Waals surface area contributed by atoms with Crippen molar-refractivity contribution in [3.8, 4) is 16.4 Å². The Balaban J connectivity index is 2.24. The number of nitrogen functional groups attached to an aromatic ring is 1. The SMILES string of the molecule is COC(=O)c1nnn(-c2nonc2N)c1-c1ccc(Cl)s1. The second-order valence-electron chi connectivity index (χ2n) is 3.77. The molecule has 3 rings (SSSR count). The maximum absolute atomic E-state index is 11.8. The number of nitrogens with zero attached hydrogens (tertiary/aromatic N) is 5. The van der Waals surface area contributed by atoms with Crippen molar-refractivity contribution in [2.24, 2.45) is 0 Å². The first-order chi connectivity index (χ1) is 10.1. The number of hydrogen-bond donors (Lipinski definition) is 1. The monoisotopic (exact) mass is 326 g/mol. The van der Waals surface area contributed by atoms with E-state index in [4.69, 9.17) is 22.1 Å². The number of anilines is 1. The van der Waals surface area contributed by atoms with Gasteiger partial charge in [-0.25, -0.2) is 9.42 Å². The molecule has 0 saturated heterocycles. The molecule has 0 fully saturated rings. The summed E-state index contributed by atoms with van der Waals surface area (Å²) in [6.45, 7) is 0. The van der Waals surface area contributed by atoms with E-state index in [1.54, 1.807) is 12.1 Å². The van der Waals surface area contributed by atoms with E-state index >= 15 is 0 Å². The van der Waals surface area contributed by atoms with Crippen molar-refractivity contribution < 1.29 is 14.2 Å². The van der Waals surface area contributed by atoms with Crippen molar-refractivity contribution in [1.29, 1.82) is 0 Å². The van der Waals surface area contributed by atoms with Crippen molar-refractivity contribution in [1.82, 2.24) is 25.3 Å². The third-order valence-corrected chi connectivity index (χ3v) is 3.79. The number of aromatic nitrogens is 5. The molecule has 3 aromatic heterocycles. The van der Waals surface area contributed by atoms with Gasteiger partial charge in [0.15, 0.2) is 5.69 Å². The molecule has 0 aliphatic rings. The van der Waals surface area contributed by atoms with E-state index in [-0.39, 0.29) is 17.3 Å². The number of halogens is 1. The zero-order chi connectivity index (χ0) is 15.0. The number of carbonyl (C=O) groups excluding carboxylic acids is 1. The van der Waals surface area contributed by atoms with E-state index in [1.165, 1.54) is 23.1 Å². The summed E-state index contributed by atoms with van der Waals surface area (Å²) in [7, 11) is 1.25. The molecule has 108 valence electrons. The minimum absolute atomic E-state index is 0.0124. The lowest BCUT2D eigenvalue weighted by molar-refractivity contribution is 0.0595. The largest absolute Gasteiger partial charge is 0.464 e. The van der Waals surface area contributed by atoms with E-state index in [2.05, 4.69) is 25.3 Å². The number of ether oxygens (including phenoxy) is 1. The fourth-order valence-corrected chi connectivity index (χ4v) is 2.74. The molecule has 0 amide bonds. The van der Waals surface area contributed by atoms with E-state index in [0.717, 1.165) is 0 Å². The molecule has 3 aromatic rings. The zero-order valence-corrected chi connectivity index (χ0v) is 12.1. The molecule has 0 aromatic carbocycles. The van der Waals surface area contributed by atoms with Gasteiger partial charge in [0.05, 0.1) is 16.3 Å². The third kappa shape index (κ3) is 2.23. The van der Waals surface area contributed by atoms with Crippen LogP contribution in [-0.4, -0.2) is 38.4 Å². The topological polar surface area (TPSA) is 122 Å². The van der Waals surface area contributed by atoms with Gasteiger partial charge < -0.3 is 10.5 Å². The first-order valence-electron chi connectivity index (χ1n) is 5.50. The van der Waals surface area contributed by atoms with Gasteiger partial charge in [0, 0.05) is 0 Å². The summed E-state index contributed by atoms with van der Waals surface area (Å²) in [6.07, 6.45) is 0. The third-order valence-electron chi connectivity index (χ3n) is 2.55. The highest BCUT2D eigenvalue weighted by atomic mass is 35.5. The second-order valence-corrected chi connectivity index (χ2v) is 5.48. The number of hydrogen-bond acceptors (Lipinski definition) is 9. The average molecular weight is 327 g/mol. The van der Waals surface area contributed by atoms with Gasteiger partial charge in [-0.05, 0) is 22.4 Å². The van der Waals surface area contributed by atoms with Crippen LogP contribution < -0.4 is 5.73 Å². The molecule has 0 atom stereocenters. The Bertz CT molecular complexity index is 809. The second kappa shape index (κ2) is 5.14. The molecule has 9 nitrogen and oxygen atoms in total. The zero-order valence-electron chi connectivity index (χ0n) is 10.5. The van der Waals surface area contributed by atoms with Crippen molar-refractivity contribution >= 4 is 34.7 Å². The molecule has 0 unspecified atom stereocenters. The lowest BCUT2D eigenvalue weighted by atomic mass is 10.2. The molecule has 0 saturated carbocycles. The van der Waals surface area contributed by atoms with Crippen LogP contribution in [0, 0.1) is 0 Å². The minimum Gasteiger partial charge on any atom is -0.464 e. The van der Waals surface area contributed by atoms with Crippen LogP contribution in [0.25, 0.3) is 16.4 Å². The highest BCUT2D eigenvalue weighted by Gasteiger charge is 2.26. The molecule has 3 heterocycles. The van der Waals surface area contributed by atoms with Gasteiger partial charge in [-0.3, -0.25) is 0 Å². The Hall–Kier alpha value is -2.46. The van der Waals surface area contributed by atoms with Crippen molar-refractivity contribution in [3.63, 3.8) is 0 Å². The number of nitrogens with two attached hydrogens (primary N) is 1. The first-order valence-corrected chi connectivity index (χ1v) is 6.69.